The van der Waals surface area contributed by atoms with Crippen molar-refractivity contribution in [2.75, 3.05) is 13.2 Å². The molecule has 0 saturated heterocycles. The molecule has 3 aromatic rings. The fourth-order valence-corrected chi connectivity index (χ4v) is 3.38. The smallest absolute Gasteiger partial charge is 0.346 e. The van der Waals surface area contributed by atoms with Crippen LogP contribution < -0.4 is 20.6 Å². The number of H-pyrrole nitrogens is 1. The number of rotatable bonds is 10. The van der Waals surface area contributed by atoms with Crippen molar-refractivity contribution < 1.29 is 14.3 Å². The number of benzene rings is 1. The van der Waals surface area contributed by atoms with Gasteiger partial charge in [0.25, 0.3) is 5.91 Å². The van der Waals surface area contributed by atoms with E-state index >= 15 is 0 Å². The Labute approximate surface area is 184 Å². The number of nitrogens with one attached hydrogen (secondary N) is 2. The van der Waals surface area contributed by atoms with E-state index in [1.54, 1.807) is 6.07 Å². The molecule has 31 heavy (non-hydrogen) atoms. The maximum atomic E-state index is 12.4. The first kappa shape index (κ1) is 22.2. The number of nitrogens with zero attached hydrogens (tertiary/aromatic N) is 2. The van der Waals surface area contributed by atoms with Gasteiger partial charge in [0.15, 0.2) is 11.5 Å². The summed E-state index contributed by atoms with van der Waals surface area (Å²) in [5.41, 5.74) is 3.05. The second-order valence-corrected chi connectivity index (χ2v) is 7.45. The van der Waals surface area contributed by atoms with E-state index in [1.807, 2.05) is 36.6 Å². The molecule has 0 radical (unpaired) electrons. The van der Waals surface area contributed by atoms with Crippen molar-refractivity contribution in [1.82, 2.24) is 15.4 Å². The summed E-state index contributed by atoms with van der Waals surface area (Å²) >= 11 is 1.45. The van der Waals surface area contributed by atoms with Crippen LogP contribution in [0, 0.1) is 0 Å². The predicted molar refractivity (Wildman–Crippen MR) is 121 cm³/mol. The second kappa shape index (κ2) is 11.1. The summed E-state index contributed by atoms with van der Waals surface area (Å²) in [5.74, 6) is 0.709. The first-order valence-corrected chi connectivity index (χ1v) is 10.9. The highest BCUT2D eigenvalue weighted by atomic mass is 32.1. The van der Waals surface area contributed by atoms with Gasteiger partial charge in [-0.3, -0.25) is 4.79 Å². The third-order valence-electron chi connectivity index (χ3n) is 4.17. The number of aromatic amines is 1. The Bertz CT molecular complexity index is 1090. The van der Waals surface area contributed by atoms with Crippen LogP contribution in [-0.2, 0) is 0 Å². The topological polar surface area (TPSA) is 106 Å². The van der Waals surface area contributed by atoms with E-state index in [9.17, 15) is 9.59 Å². The van der Waals surface area contributed by atoms with Gasteiger partial charge >= 0.3 is 5.69 Å². The molecule has 0 aliphatic heterocycles. The number of aromatic nitrogens is 2. The molecule has 0 saturated carbocycles. The molecule has 2 aromatic heterocycles. The summed E-state index contributed by atoms with van der Waals surface area (Å²) in [4.78, 5) is 31.4. The zero-order chi connectivity index (χ0) is 22.1. The summed E-state index contributed by atoms with van der Waals surface area (Å²) in [5, 5.41) is 5.86. The van der Waals surface area contributed by atoms with E-state index in [1.165, 1.54) is 23.6 Å². The largest absolute Gasteiger partial charge is 0.490 e. The van der Waals surface area contributed by atoms with E-state index in [0.717, 1.165) is 23.3 Å². The molecule has 2 N–H and O–H groups in total. The maximum Gasteiger partial charge on any atom is 0.346 e. The van der Waals surface area contributed by atoms with Crippen LogP contribution >= 0.6 is 11.3 Å². The summed E-state index contributed by atoms with van der Waals surface area (Å²) in [6, 6.07) is 10.7. The first-order chi connectivity index (χ1) is 15.1. The Morgan fingerprint density at radius 2 is 2.10 bits per heavy atom. The van der Waals surface area contributed by atoms with Crippen LogP contribution in [0.4, 0.5) is 0 Å². The van der Waals surface area contributed by atoms with Gasteiger partial charge in [-0.15, -0.1) is 11.3 Å². The van der Waals surface area contributed by atoms with Crippen molar-refractivity contribution in [3.8, 4) is 22.1 Å². The molecule has 0 atom stereocenters. The van der Waals surface area contributed by atoms with Crippen LogP contribution in [0.2, 0.25) is 0 Å². The van der Waals surface area contributed by atoms with Crippen molar-refractivity contribution in [3.63, 3.8) is 0 Å². The van der Waals surface area contributed by atoms with Crippen molar-refractivity contribution in [1.29, 1.82) is 0 Å². The van der Waals surface area contributed by atoms with Crippen molar-refractivity contribution >= 4 is 23.5 Å². The molecule has 3 rings (SSSR count). The van der Waals surface area contributed by atoms with Gasteiger partial charge in [0, 0.05) is 0 Å². The van der Waals surface area contributed by atoms with E-state index < -0.39 is 11.6 Å². The molecule has 0 fully saturated rings. The molecule has 8 nitrogen and oxygen atoms in total. The van der Waals surface area contributed by atoms with Crippen molar-refractivity contribution in [2.24, 2.45) is 5.10 Å². The minimum Gasteiger partial charge on any atom is -0.490 e. The summed E-state index contributed by atoms with van der Waals surface area (Å²) < 4.78 is 11.4. The van der Waals surface area contributed by atoms with Gasteiger partial charge in [-0.25, -0.2) is 10.2 Å². The zero-order valence-electron chi connectivity index (χ0n) is 17.4. The maximum absolute atomic E-state index is 12.4. The highest BCUT2D eigenvalue weighted by molar-refractivity contribution is 7.13. The van der Waals surface area contributed by atoms with Gasteiger partial charge in [-0.2, -0.15) is 10.1 Å². The fraction of sp³-hybridized carbons (Fsp3) is 0.273. The second-order valence-electron chi connectivity index (χ2n) is 6.50. The third-order valence-corrected chi connectivity index (χ3v) is 5.07. The minimum absolute atomic E-state index is 0.0148. The Balaban J connectivity index is 1.69. The number of carbonyl (C=O) groups excluding carboxylic acids is 1. The standard InChI is InChI=1S/C22H24N4O4S/c1-3-5-10-30-18-9-8-15(12-19(18)29-4-2)14-23-26-21(27)17-13-16(24-22(28)25-17)20-7-6-11-31-20/h6-9,11-14H,3-5,10H2,1-2H3,(H,26,27)(H,24,25,28)/b23-14+. The lowest BCUT2D eigenvalue weighted by atomic mass is 10.2. The third kappa shape index (κ3) is 6.26. The lowest BCUT2D eigenvalue weighted by Crippen LogP contribution is -2.24. The zero-order valence-corrected chi connectivity index (χ0v) is 18.2. The van der Waals surface area contributed by atoms with E-state index in [2.05, 4.69) is 27.4 Å². The highest BCUT2D eigenvalue weighted by Crippen LogP contribution is 2.28. The lowest BCUT2D eigenvalue weighted by Gasteiger charge is -2.12. The molecule has 1 aromatic carbocycles. The Morgan fingerprint density at radius 1 is 1.23 bits per heavy atom. The molecule has 0 aliphatic carbocycles. The lowest BCUT2D eigenvalue weighted by molar-refractivity contribution is 0.0949. The fourth-order valence-electron chi connectivity index (χ4n) is 2.68. The quantitative estimate of drug-likeness (QED) is 0.283. The number of hydrazone groups is 1. The molecular formula is C22H24N4O4S. The number of unbranched alkanes of at least 4 members (excludes halogenated alkanes) is 1. The number of ether oxygens (including phenoxy) is 2. The first-order valence-electron chi connectivity index (χ1n) is 9.99. The van der Waals surface area contributed by atoms with E-state index in [-0.39, 0.29) is 5.69 Å². The number of hydrogen-bond donors (Lipinski definition) is 2. The van der Waals surface area contributed by atoms with Crippen LogP contribution in [0.3, 0.4) is 0 Å². The van der Waals surface area contributed by atoms with Crippen molar-refractivity contribution in [3.05, 3.63) is 63.5 Å². The van der Waals surface area contributed by atoms with Gasteiger partial charge in [-0.05, 0) is 54.6 Å². The summed E-state index contributed by atoms with van der Waals surface area (Å²) in [6.07, 6.45) is 3.50. The average molecular weight is 441 g/mol. The SMILES string of the molecule is CCCCOc1ccc(/C=N/NC(=O)c2cc(-c3cccs3)[nH]c(=O)n2)cc1OCC. The van der Waals surface area contributed by atoms with Crippen molar-refractivity contribution in [2.45, 2.75) is 26.7 Å². The number of thiophene rings is 1. The number of hydrogen-bond acceptors (Lipinski definition) is 7. The summed E-state index contributed by atoms with van der Waals surface area (Å²) in [6.45, 7) is 5.12. The van der Waals surface area contributed by atoms with Crippen LogP contribution in [0.1, 0.15) is 42.7 Å². The van der Waals surface area contributed by atoms with Gasteiger partial charge in [0.1, 0.15) is 5.69 Å². The normalized spacial score (nSPS) is 10.9. The molecule has 0 spiro atoms. The van der Waals surface area contributed by atoms with Gasteiger partial charge in [0.2, 0.25) is 0 Å². The predicted octanol–water partition coefficient (Wildman–Crippen LogP) is 3.84. The van der Waals surface area contributed by atoms with Gasteiger partial charge in [0.05, 0.1) is 30.0 Å². The van der Waals surface area contributed by atoms with E-state index in [0.29, 0.717) is 30.4 Å². The molecule has 9 heteroatoms. The monoisotopic (exact) mass is 440 g/mol. The highest BCUT2D eigenvalue weighted by Gasteiger charge is 2.11. The molecule has 0 unspecified atom stereocenters. The molecule has 162 valence electrons. The van der Waals surface area contributed by atoms with Gasteiger partial charge in [-0.1, -0.05) is 19.4 Å². The van der Waals surface area contributed by atoms with Gasteiger partial charge < -0.3 is 14.5 Å². The average Bonchev–Trinajstić information content (AvgIpc) is 3.30. The van der Waals surface area contributed by atoms with E-state index in [4.69, 9.17) is 9.47 Å². The van der Waals surface area contributed by atoms with Crippen LogP contribution in [-0.4, -0.2) is 35.3 Å². The Kier molecular flexibility index (Phi) is 7.94. The van der Waals surface area contributed by atoms with Crippen LogP contribution in [0.15, 0.2) is 51.7 Å². The molecule has 0 aliphatic rings. The number of amides is 1. The minimum atomic E-state index is -0.597. The Morgan fingerprint density at radius 3 is 2.84 bits per heavy atom. The summed E-state index contributed by atoms with van der Waals surface area (Å²) in [7, 11) is 0. The number of carbonyl (C=O) groups is 1. The Hall–Kier alpha value is -3.46. The van der Waals surface area contributed by atoms with Crippen LogP contribution in [0.25, 0.3) is 10.6 Å². The molecule has 0 bridgehead atoms. The molecule has 2 heterocycles. The molecular weight excluding hydrogens is 416 g/mol. The molecule has 1 amide bonds. The van der Waals surface area contributed by atoms with Crippen LogP contribution in [0.5, 0.6) is 11.5 Å².